The highest BCUT2D eigenvalue weighted by Gasteiger charge is 2.27. The number of sulfone groups is 1. The summed E-state index contributed by atoms with van der Waals surface area (Å²) in [6.07, 6.45) is 1.04. The number of carbonyl (C=O) groups is 3. The highest BCUT2D eigenvalue weighted by Crippen LogP contribution is 2.16. The van der Waals surface area contributed by atoms with E-state index >= 15 is 0 Å². The number of imidazole rings is 1. The van der Waals surface area contributed by atoms with Gasteiger partial charge in [0.2, 0.25) is 17.6 Å². The van der Waals surface area contributed by atoms with Gasteiger partial charge in [0.05, 0.1) is 10.6 Å². The summed E-state index contributed by atoms with van der Waals surface area (Å²) in [7, 11) is -3.42. The van der Waals surface area contributed by atoms with E-state index in [1.54, 1.807) is 0 Å². The number of aromatic nitrogens is 2. The quantitative estimate of drug-likeness (QED) is 0.748. The number of hydrogen-bond donors (Lipinski definition) is 0. The molecule has 0 spiro atoms. The summed E-state index contributed by atoms with van der Waals surface area (Å²) in [5.41, 5.74) is -0.996. The lowest BCUT2D eigenvalue weighted by molar-refractivity contribution is 0.0905. The van der Waals surface area contributed by atoms with Gasteiger partial charge in [0, 0.05) is 25.7 Å². The molecular weight excluding hydrogens is 348 g/mol. The lowest BCUT2D eigenvalue weighted by Gasteiger charge is -2.05. The van der Waals surface area contributed by atoms with Crippen molar-refractivity contribution in [2.45, 2.75) is 25.7 Å². The topological polar surface area (TPSA) is 112 Å². The van der Waals surface area contributed by atoms with Crippen LogP contribution in [0.3, 0.4) is 0 Å². The first-order valence-corrected chi connectivity index (χ1v) is 9.07. The minimum absolute atomic E-state index is 0.0334. The first-order chi connectivity index (χ1) is 11.5. The third-order valence-corrected chi connectivity index (χ3v) is 4.80. The molecule has 9 heteroatoms. The fraction of sp³-hybridized carbons (Fsp3) is 0.250. The highest BCUT2D eigenvalue weighted by atomic mass is 32.2. The lowest BCUT2D eigenvalue weighted by atomic mass is 10.1. The molecule has 0 aliphatic carbocycles. The number of carbonyl (C=O) groups excluding carboxylic acids is 3. The number of rotatable bonds is 3. The van der Waals surface area contributed by atoms with Crippen LogP contribution < -0.4 is 5.69 Å². The van der Waals surface area contributed by atoms with Gasteiger partial charge in [0.1, 0.15) is 5.69 Å². The second kappa shape index (κ2) is 6.25. The molecular formula is C16H16N2O6S. The van der Waals surface area contributed by atoms with Crippen LogP contribution in [0.25, 0.3) is 0 Å². The van der Waals surface area contributed by atoms with Crippen molar-refractivity contribution in [1.82, 2.24) is 9.13 Å². The Labute approximate surface area is 143 Å². The zero-order valence-corrected chi connectivity index (χ0v) is 14.9. The summed E-state index contributed by atoms with van der Waals surface area (Å²) in [5.74, 6) is -1.99. The van der Waals surface area contributed by atoms with Crippen LogP contribution in [0.15, 0.2) is 34.0 Å². The summed E-state index contributed by atoms with van der Waals surface area (Å²) < 4.78 is 24.4. The first kappa shape index (κ1) is 18.5. The van der Waals surface area contributed by atoms with E-state index in [0.29, 0.717) is 4.57 Å². The first-order valence-electron chi connectivity index (χ1n) is 7.18. The largest absolute Gasteiger partial charge is 0.342 e. The van der Waals surface area contributed by atoms with Crippen molar-refractivity contribution in [3.63, 3.8) is 0 Å². The van der Waals surface area contributed by atoms with Gasteiger partial charge in [-0.25, -0.2) is 22.3 Å². The van der Waals surface area contributed by atoms with Gasteiger partial charge in [-0.15, -0.1) is 0 Å². The molecule has 0 amide bonds. The van der Waals surface area contributed by atoms with Crippen LogP contribution in [-0.4, -0.2) is 41.4 Å². The monoisotopic (exact) mass is 364 g/mol. The number of nitrogens with zero attached hydrogens (tertiary/aromatic N) is 2. The van der Waals surface area contributed by atoms with Gasteiger partial charge in [-0.1, -0.05) is 0 Å². The van der Waals surface area contributed by atoms with Crippen LogP contribution >= 0.6 is 0 Å². The van der Waals surface area contributed by atoms with Crippen molar-refractivity contribution in [1.29, 1.82) is 0 Å². The van der Waals surface area contributed by atoms with E-state index in [9.17, 15) is 27.6 Å². The Morgan fingerprint density at radius 2 is 1.40 bits per heavy atom. The van der Waals surface area contributed by atoms with Crippen LogP contribution in [0.5, 0.6) is 0 Å². The van der Waals surface area contributed by atoms with Crippen LogP contribution in [0, 0.1) is 6.92 Å². The average Bonchev–Trinajstić information content (AvgIpc) is 2.76. The Bertz CT molecular complexity index is 1060. The van der Waals surface area contributed by atoms with Crippen molar-refractivity contribution in [2.75, 3.05) is 6.26 Å². The minimum Gasteiger partial charge on any atom is -0.287 e. The third-order valence-electron chi connectivity index (χ3n) is 3.67. The average molecular weight is 364 g/mol. The molecule has 0 N–H and O–H groups in total. The fourth-order valence-corrected chi connectivity index (χ4v) is 3.16. The standard InChI is InChI=1S/C16H16N2O6S/c1-9-14(18(11(3)20)16(22)17(9)10(2)19)15(21)12-5-7-13(8-6-12)25(4,23)24/h5-8H,1-4H3. The van der Waals surface area contributed by atoms with Crippen LogP contribution in [0.4, 0.5) is 0 Å². The zero-order chi connectivity index (χ0) is 19.1. The van der Waals surface area contributed by atoms with E-state index < -0.39 is 33.1 Å². The molecule has 0 fully saturated rings. The van der Waals surface area contributed by atoms with Gasteiger partial charge in [-0.2, -0.15) is 0 Å². The predicted molar refractivity (Wildman–Crippen MR) is 89.0 cm³/mol. The molecule has 0 atom stereocenters. The summed E-state index contributed by atoms with van der Waals surface area (Å²) >= 11 is 0. The summed E-state index contributed by atoms with van der Waals surface area (Å²) in [6, 6.07) is 5.10. The van der Waals surface area contributed by atoms with Gasteiger partial charge in [-0.05, 0) is 31.2 Å². The highest BCUT2D eigenvalue weighted by molar-refractivity contribution is 7.90. The molecule has 0 radical (unpaired) electrons. The van der Waals surface area contributed by atoms with Crippen molar-refractivity contribution in [3.8, 4) is 0 Å². The molecule has 1 aromatic carbocycles. The second-order valence-corrected chi connectivity index (χ2v) is 7.57. The van der Waals surface area contributed by atoms with Crippen LogP contribution in [0.2, 0.25) is 0 Å². The maximum Gasteiger partial charge on any atom is 0.342 e. The van der Waals surface area contributed by atoms with Gasteiger partial charge >= 0.3 is 5.69 Å². The van der Waals surface area contributed by atoms with Crippen molar-refractivity contribution < 1.29 is 22.8 Å². The van der Waals surface area contributed by atoms with Gasteiger partial charge in [0.15, 0.2) is 9.84 Å². The van der Waals surface area contributed by atoms with E-state index in [-0.39, 0.29) is 21.8 Å². The van der Waals surface area contributed by atoms with Crippen LogP contribution in [-0.2, 0) is 9.84 Å². The van der Waals surface area contributed by atoms with E-state index in [4.69, 9.17) is 0 Å². The molecule has 132 valence electrons. The van der Waals surface area contributed by atoms with E-state index in [1.165, 1.54) is 31.2 Å². The number of benzene rings is 1. The number of hydrogen-bond acceptors (Lipinski definition) is 6. The Morgan fingerprint density at radius 1 is 0.920 bits per heavy atom. The second-order valence-electron chi connectivity index (χ2n) is 5.55. The van der Waals surface area contributed by atoms with Crippen LogP contribution in [0.1, 0.15) is 45.2 Å². The van der Waals surface area contributed by atoms with Gasteiger partial charge in [-0.3, -0.25) is 14.4 Å². The molecule has 2 aromatic rings. The smallest absolute Gasteiger partial charge is 0.287 e. The third kappa shape index (κ3) is 3.22. The Kier molecular flexibility index (Phi) is 4.63. The Balaban J connectivity index is 2.68. The molecule has 1 heterocycles. The Hall–Kier alpha value is -2.81. The summed E-state index contributed by atoms with van der Waals surface area (Å²) in [5, 5.41) is 0. The van der Waals surface area contributed by atoms with E-state index in [0.717, 1.165) is 24.7 Å². The fourth-order valence-electron chi connectivity index (χ4n) is 2.53. The normalized spacial score (nSPS) is 11.4. The number of ketones is 1. The molecule has 0 saturated carbocycles. The van der Waals surface area contributed by atoms with Crippen molar-refractivity contribution in [2.24, 2.45) is 0 Å². The van der Waals surface area contributed by atoms with Crippen molar-refractivity contribution >= 4 is 27.4 Å². The molecule has 0 bridgehead atoms. The SMILES string of the molecule is CC(=O)n1c(C)c(C(=O)c2ccc(S(C)(=O)=O)cc2)n(C(C)=O)c1=O. The van der Waals surface area contributed by atoms with E-state index in [2.05, 4.69) is 0 Å². The minimum atomic E-state index is -3.42. The molecule has 0 saturated heterocycles. The van der Waals surface area contributed by atoms with Crippen molar-refractivity contribution in [3.05, 3.63) is 51.7 Å². The predicted octanol–water partition coefficient (Wildman–Crippen LogP) is 0.913. The zero-order valence-electron chi connectivity index (χ0n) is 14.1. The molecule has 1 aromatic heterocycles. The van der Waals surface area contributed by atoms with Gasteiger partial charge < -0.3 is 0 Å². The molecule has 25 heavy (non-hydrogen) atoms. The maximum atomic E-state index is 12.8. The Morgan fingerprint density at radius 3 is 1.80 bits per heavy atom. The molecule has 2 rings (SSSR count). The molecule has 0 aliphatic rings. The van der Waals surface area contributed by atoms with E-state index in [1.807, 2.05) is 0 Å². The molecule has 0 aliphatic heterocycles. The molecule has 0 unspecified atom stereocenters. The maximum absolute atomic E-state index is 12.8. The summed E-state index contributed by atoms with van der Waals surface area (Å²) in [6.45, 7) is 3.64. The molecule has 8 nitrogen and oxygen atoms in total. The summed E-state index contributed by atoms with van der Waals surface area (Å²) in [4.78, 5) is 48.5. The lowest BCUT2D eigenvalue weighted by Crippen LogP contribution is -2.31. The van der Waals surface area contributed by atoms with Gasteiger partial charge in [0.25, 0.3) is 0 Å².